The molecule has 19 heavy (non-hydrogen) atoms. The molecular formula is C15H29N3S. The molecule has 0 saturated heterocycles. The molecule has 1 rings (SSSR count). The first-order valence-corrected chi connectivity index (χ1v) is 7.94. The predicted molar refractivity (Wildman–Crippen MR) is 84.7 cm³/mol. The molecule has 0 aliphatic rings. The van der Waals surface area contributed by atoms with E-state index in [0.717, 1.165) is 12.2 Å². The molecule has 0 aliphatic carbocycles. The third kappa shape index (κ3) is 4.84. The summed E-state index contributed by atoms with van der Waals surface area (Å²) in [6.07, 6.45) is 0. The van der Waals surface area contributed by atoms with E-state index in [1.54, 1.807) is 0 Å². The summed E-state index contributed by atoms with van der Waals surface area (Å²) in [5.41, 5.74) is 2.61. The monoisotopic (exact) mass is 283 g/mol. The summed E-state index contributed by atoms with van der Waals surface area (Å²) < 4.78 is 2.03. The lowest BCUT2D eigenvalue weighted by Crippen LogP contribution is -2.35. The molecule has 1 heterocycles. The van der Waals surface area contributed by atoms with Gasteiger partial charge in [0.1, 0.15) is 0 Å². The van der Waals surface area contributed by atoms with Crippen LogP contribution in [0, 0.1) is 12.8 Å². The molecule has 1 unspecified atom stereocenters. The Bertz CT molecular complexity index is 416. The van der Waals surface area contributed by atoms with Crippen LogP contribution in [0.2, 0.25) is 0 Å². The second-order valence-corrected chi connectivity index (χ2v) is 8.03. The third-order valence-electron chi connectivity index (χ3n) is 3.32. The van der Waals surface area contributed by atoms with E-state index in [9.17, 15) is 0 Å². The van der Waals surface area contributed by atoms with Gasteiger partial charge in [0, 0.05) is 29.9 Å². The number of nitrogens with zero attached hydrogens (tertiary/aromatic N) is 2. The smallest absolute Gasteiger partial charge is 0.0987 e. The summed E-state index contributed by atoms with van der Waals surface area (Å²) in [6, 6.07) is 0. The highest BCUT2D eigenvalue weighted by atomic mass is 32.2. The van der Waals surface area contributed by atoms with Crippen LogP contribution < -0.4 is 5.32 Å². The molecule has 0 bridgehead atoms. The number of aryl methyl sites for hydroxylation is 2. The van der Waals surface area contributed by atoms with Gasteiger partial charge in [0.2, 0.25) is 0 Å². The molecule has 0 radical (unpaired) electrons. The Kier molecular flexibility index (Phi) is 5.51. The van der Waals surface area contributed by atoms with Crippen molar-refractivity contribution in [3.05, 3.63) is 11.3 Å². The summed E-state index contributed by atoms with van der Waals surface area (Å²) in [5.74, 6) is 0.670. The van der Waals surface area contributed by atoms with Crippen LogP contribution in [0.4, 0.5) is 0 Å². The fourth-order valence-corrected chi connectivity index (χ4v) is 2.88. The number of hydrogen-bond donors (Lipinski definition) is 1. The number of aromatic nitrogens is 2. The van der Waals surface area contributed by atoms with Crippen molar-refractivity contribution in [1.82, 2.24) is 15.1 Å². The van der Waals surface area contributed by atoms with Crippen molar-refractivity contribution in [1.29, 1.82) is 0 Å². The van der Waals surface area contributed by atoms with Gasteiger partial charge < -0.3 is 5.32 Å². The van der Waals surface area contributed by atoms with E-state index in [0.29, 0.717) is 11.2 Å². The number of hydrogen-bond acceptors (Lipinski definition) is 3. The molecular weight excluding hydrogens is 254 g/mol. The van der Waals surface area contributed by atoms with Crippen LogP contribution in [-0.4, -0.2) is 20.6 Å². The zero-order valence-electron chi connectivity index (χ0n) is 13.7. The number of rotatable bonds is 5. The van der Waals surface area contributed by atoms with Crippen molar-refractivity contribution in [3.8, 4) is 0 Å². The van der Waals surface area contributed by atoms with E-state index in [4.69, 9.17) is 0 Å². The molecule has 1 aromatic rings. The maximum absolute atomic E-state index is 4.58. The van der Waals surface area contributed by atoms with Gasteiger partial charge in [0.25, 0.3) is 0 Å². The van der Waals surface area contributed by atoms with Crippen molar-refractivity contribution < 1.29 is 0 Å². The van der Waals surface area contributed by atoms with Gasteiger partial charge in [0.05, 0.1) is 10.7 Å². The van der Waals surface area contributed by atoms with Crippen LogP contribution in [0.15, 0.2) is 5.03 Å². The van der Waals surface area contributed by atoms with Crippen molar-refractivity contribution in [3.63, 3.8) is 0 Å². The summed E-state index contributed by atoms with van der Waals surface area (Å²) in [6.45, 7) is 16.4. The first-order chi connectivity index (χ1) is 8.61. The molecule has 0 spiro atoms. The van der Waals surface area contributed by atoms with E-state index in [2.05, 4.69) is 58.9 Å². The zero-order chi connectivity index (χ0) is 14.8. The van der Waals surface area contributed by atoms with E-state index in [1.165, 1.54) is 10.6 Å². The lowest BCUT2D eigenvalue weighted by molar-refractivity contribution is 0.421. The van der Waals surface area contributed by atoms with E-state index >= 15 is 0 Å². The van der Waals surface area contributed by atoms with E-state index in [1.807, 2.05) is 23.5 Å². The summed E-state index contributed by atoms with van der Waals surface area (Å²) in [5, 5.41) is 10.0. The van der Waals surface area contributed by atoms with Crippen LogP contribution in [0.3, 0.4) is 0 Å². The first-order valence-electron chi connectivity index (χ1n) is 7.06. The highest BCUT2D eigenvalue weighted by Crippen LogP contribution is 2.31. The quantitative estimate of drug-likeness (QED) is 0.835. The topological polar surface area (TPSA) is 29.9 Å². The standard InChI is InChI=1S/C15H29N3S/c1-10(2)12(4)19-14-13(9-16-15(5,6)7)11(3)17-18(14)8/h10,12,16H,9H2,1-8H3. The van der Waals surface area contributed by atoms with Crippen LogP contribution in [0.25, 0.3) is 0 Å². The molecule has 0 amide bonds. The Morgan fingerprint density at radius 3 is 2.32 bits per heavy atom. The summed E-state index contributed by atoms with van der Waals surface area (Å²) in [4.78, 5) is 0. The van der Waals surface area contributed by atoms with Gasteiger partial charge in [-0.05, 0) is 33.6 Å². The van der Waals surface area contributed by atoms with Crippen LogP contribution in [0.5, 0.6) is 0 Å². The SMILES string of the molecule is Cc1nn(C)c(SC(C)C(C)C)c1CNC(C)(C)C. The third-order valence-corrected chi connectivity index (χ3v) is 4.97. The van der Waals surface area contributed by atoms with Crippen LogP contribution >= 0.6 is 11.8 Å². The fraction of sp³-hybridized carbons (Fsp3) is 0.800. The lowest BCUT2D eigenvalue weighted by atomic mass is 10.1. The van der Waals surface area contributed by atoms with Gasteiger partial charge in [-0.2, -0.15) is 5.10 Å². The average molecular weight is 283 g/mol. The Labute approximate surface area is 122 Å². The molecule has 4 heteroatoms. The highest BCUT2D eigenvalue weighted by Gasteiger charge is 2.19. The number of nitrogens with one attached hydrogen (secondary N) is 1. The maximum atomic E-state index is 4.58. The molecule has 1 atom stereocenters. The summed E-state index contributed by atoms with van der Waals surface area (Å²) >= 11 is 1.94. The Morgan fingerprint density at radius 2 is 1.84 bits per heavy atom. The predicted octanol–water partition coefficient (Wildman–Crippen LogP) is 3.75. The number of thioether (sulfide) groups is 1. The molecule has 1 aromatic heterocycles. The lowest BCUT2D eigenvalue weighted by Gasteiger charge is -2.21. The van der Waals surface area contributed by atoms with Crippen LogP contribution in [-0.2, 0) is 13.6 Å². The van der Waals surface area contributed by atoms with E-state index in [-0.39, 0.29) is 5.54 Å². The maximum Gasteiger partial charge on any atom is 0.0987 e. The molecule has 0 fully saturated rings. The second kappa shape index (κ2) is 6.31. The fourth-order valence-electron chi connectivity index (χ4n) is 1.70. The van der Waals surface area contributed by atoms with Gasteiger partial charge in [-0.3, -0.25) is 4.68 Å². The molecule has 0 saturated carbocycles. The second-order valence-electron chi connectivity index (χ2n) is 6.66. The first kappa shape index (κ1) is 16.6. The Hall–Kier alpha value is -0.480. The van der Waals surface area contributed by atoms with Gasteiger partial charge >= 0.3 is 0 Å². The van der Waals surface area contributed by atoms with Crippen molar-refractivity contribution >= 4 is 11.8 Å². The van der Waals surface area contributed by atoms with Gasteiger partial charge in [0.15, 0.2) is 0 Å². The van der Waals surface area contributed by atoms with Gasteiger partial charge in [-0.1, -0.05) is 20.8 Å². The average Bonchev–Trinajstić information content (AvgIpc) is 2.50. The van der Waals surface area contributed by atoms with Gasteiger partial charge in [-0.25, -0.2) is 0 Å². The molecule has 3 nitrogen and oxygen atoms in total. The van der Waals surface area contributed by atoms with Crippen molar-refractivity contribution in [2.45, 2.75) is 70.8 Å². The minimum Gasteiger partial charge on any atom is -0.308 e. The molecule has 0 aliphatic heterocycles. The molecule has 110 valence electrons. The van der Waals surface area contributed by atoms with E-state index < -0.39 is 0 Å². The minimum absolute atomic E-state index is 0.133. The summed E-state index contributed by atoms with van der Waals surface area (Å²) in [7, 11) is 2.04. The minimum atomic E-state index is 0.133. The Balaban J connectivity index is 2.91. The van der Waals surface area contributed by atoms with Crippen LogP contribution in [0.1, 0.15) is 52.8 Å². The zero-order valence-corrected chi connectivity index (χ0v) is 14.5. The van der Waals surface area contributed by atoms with Gasteiger partial charge in [-0.15, -0.1) is 11.8 Å². The molecule has 0 aromatic carbocycles. The van der Waals surface area contributed by atoms with Crippen molar-refractivity contribution in [2.75, 3.05) is 0 Å². The normalized spacial score (nSPS) is 14.2. The Morgan fingerprint density at radius 1 is 1.26 bits per heavy atom. The largest absolute Gasteiger partial charge is 0.308 e. The molecule has 1 N–H and O–H groups in total. The van der Waals surface area contributed by atoms with Crippen molar-refractivity contribution in [2.24, 2.45) is 13.0 Å². The highest BCUT2D eigenvalue weighted by molar-refractivity contribution is 7.99.